The fourth-order valence-electron chi connectivity index (χ4n) is 1.62. The van der Waals surface area contributed by atoms with Gasteiger partial charge >= 0.3 is 0 Å². The summed E-state index contributed by atoms with van der Waals surface area (Å²) >= 11 is 0. The summed E-state index contributed by atoms with van der Waals surface area (Å²) in [7, 11) is 0. The van der Waals surface area contributed by atoms with Gasteiger partial charge in [0.2, 0.25) is 0 Å². The van der Waals surface area contributed by atoms with Gasteiger partial charge in [-0.1, -0.05) is 20.3 Å². The second-order valence-electron chi connectivity index (χ2n) is 4.38. The summed E-state index contributed by atoms with van der Waals surface area (Å²) in [5, 5.41) is 14.6. The Bertz CT molecular complexity index is 495. The van der Waals surface area contributed by atoms with E-state index in [4.69, 9.17) is 0 Å². The molecule has 1 rings (SSSR count). The number of carbonyl (C=O) groups is 1. The molecular weight excluding hydrogens is 258 g/mol. The number of unbranched alkanes of at least 4 members (excludes halogenated alkanes) is 1. The minimum atomic E-state index is -0.500. The third-order valence-corrected chi connectivity index (χ3v) is 2.88. The Morgan fingerprint density at radius 1 is 1.30 bits per heavy atom. The zero-order chi connectivity index (χ0) is 15.0. The number of non-ortho nitro benzene ring substituents is 1. The van der Waals surface area contributed by atoms with Crippen LogP contribution in [0.4, 0.5) is 5.69 Å². The Kier molecular flexibility index (Phi) is 6.36. The third-order valence-electron chi connectivity index (χ3n) is 2.88. The maximum absolute atomic E-state index is 11.8. The van der Waals surface area contributed by atoms with Crippen molar-refractivity contribution in [2.75, 3.05) is 0 Å². The van der Waals surface area contributed by atoms with E-state index in [0.29, 0.717) is 5.56 Å². The van der Waals surface area contributed by atoms with Gasteiger partial charge in [0.1, 0.15) is 0 Å². The number of amides is 1. The molecule has 0 atom stereocenters. The predicted molar refractivity (Wildman–Crippen MR) is 77.8 cm³/mol. The Morgan fingerprint density at radius 2 is 1.95 bits per heavy atom. The molecule has 0 saturated heterocycles. The number of hydrogen-bond acceptors (Lipinski definition) is 4. The van der Waals surface area contributed by atoms with E-state index in [2.05, 4.69) is 17.5 Å². The first-order valence-corrected chi connectivity index (χ1v) is 6.68. The first-order valence-electron chi connectivity index (χ1n) is 6.68. The highest BCUT2D eigenvalue weighted by molar-refractivity contribution is 5.95. The number of nitro groups is 1. The van der Waals surface area contributed by atoms with Crippen molar-refractivity contribution >= 4 is 17.3 Å². The van der Waals surface area contributed by atoms with Gasteiger partial charge < -0.3 is 0 Å². The van der Waals surface area contributed by atoms with Crippen LogP contribution in [0, 0.1) is 10.1 Å². The minimum absolute atomic E-state index is 0.0396. The normalized spacial score (nSPS) is 11.2. The summed E-state index contributed by atoms with van der Waals surface area (Å²) in [5.41, 5.74) is 3.75. The molecule has 1 N–H and O–H groups in total. The number of rotatable bonds is 7. The molecule has 1 aromatic rings. The van der Waals surface area contributed by atoms with Crippen molar-refractivity contribution in [3.63, 3.8) is 0 Å². The first kappa shape index (κ1) is 15.8. The summed E-state index contributed by atoms with van der Waals surface area (Å²) in [6, 6.07) is 5.44. The van der Waals surface area contributed by atoms with E-state index in [1.165, 1.54) is 24.3 Å². The van der Waals surface area contributed by atoms with E-state index in [1.807, 2.05) is 6.92 Å². The molecule has 0 saturated carbocycles. The zero-order valence-corrected chi connectivity index (χ0v) is 11.8. The maximum Gasteiger partial charge on any atom is 0.271 e. The van der Waals surface area contributed by atoms with Crippen molar-refractivity contribution in [2.24, 2.45) is 5.10 Å². The van der Waals surface area contributed by atoms with E-state index >= 15 is 0 Å². The number of carbonyl (C=O) groups excluding carboxylic acids is 1. The van der Waals surface area contributed by atoms with Crippen LogP contribution in [0.2, 0.25) is 0 Å². The molecule has 0 spiro atoms. The molecule has 0 unspecified atom stereocenters. The Hall–Kier alpha value is -2.24. The minimum Gasteiger partial charge on any atom is -0.267 e. The quantitative estimate of drug-likeness (QED) is 0.471. The van der Waals surface area contributed by atoms with Crippen LogP contribution in [0.1, 0.15) is 49.9 Å². The molecule has 6 heteroatoms. The van der Waals surface area contributed by atoms with Crippen LogP contribution in [0.15, 0.2) is 29.4 Å². The van der Waals surface area contributed by atoms with Crippen molar-refractivity contribution < 1.29 is 9.72 Å². The molecule has 0 aromatic heterocycles. The van der Waals surface area contributed by atoms with E-state index in [0.717, 1.165) is 31.4 Å². The van der Waals surface area contributed by atoms with Crippen molar-refractivity contribution in [3.8, 4) is 0 Å². The molecule has 0 aliphatic carbocycles. The van der Waals surface area contributed by atoms with Crippen LogP contribution >= 0.6 is 0 Å². The van der Waals surface area contributed by atoms with Crippen molar-refractivity contribution in [1.29, 1.82) is 0 Å². The number of hydrazone groups is 1. The summed E-state index contributed by atoms with van der Waals surface area (Å²) in [6.07, 6.45) is 3.78. The van der Waals surface area contributed by atoms with E-state index < -0.39 is 4.92 Å². The van der Waals surface area contributed by atoms with Gasteiger partial charge in [0.15, 0.2) is 0 Å². The number of hydrogen-bond donors (Lipinski definition) is 1. The molecule has 20 heavy (non-hydrogen) atoms. The fraction of sp³-hybridized carbons (Fsp3) is 0.429. The average molecular weight is 277 g/mol. The molecule has 0 radical (unpaired) electrons. The molecule has 6 nitrogen and oxygen atoms in total. The van der Waals surface area contributed by atoms with Crippen LogP contribution in [0.5, 0.6) is 0 Å². The number of nitrogens with zero attached hydrogens (tertiary/aromatic N) is 2. The van der Waals surface area contributed by atoms with E-state index in [9.17, 15) is 14.9 Å². The third kappa shape index (κ3) is 4.79. The van der Waals surface area contributed by atoms with Crippen molar-refractivity contribution in [1.82, 2.24) is 5.43 Å². The first-order chi connectivity index (χ1) is 9.58. The van der Waals surface area contributed by atoms with Crippen LogP contribution in [0.25, 0.3) is 0 Å². The van der Waals surface area contributed by atoms with Crippen molar-refractivity contribution in [3.05, 3.63) is 39.9 Å². The van der Waals surface area contributed by atoms with Gasteiger partial charge in [-0.2, -0.15) is 5.10 Å². The Balaban J connectivity index is 2.65. The van der Waals surface area contributed by atoms with Crippen LogP contribution in [-0.2, 0) is 0 Å². The lowest BCUT2D eigenvalue weighted by molar-refractivity contribution is -0.384. The zero-order valence-electron chi connectivity index (χ0n) is 11.8. The monoisotopic (exact) mass is 277 g/mol. The predicted octanol–water partition coefficient (Wildman–Crippen LogP) is 3.28. The largest absolute Gasteiger partial charge is 0.271 e. The summed E-state index contributed by atoms with van der Waals surface area (Å²) in [4.78, 5) is 21.9. The summed E-state index contributed by atoms with van der Waals surface area (Å²) < 4.78 is 0. The summed E-state index contributed by atoms with van der Waals surface area (Å²) in [6.45, 7) is 4.09. The van der Waals surface area contributed by atoms with Gasteiger partial charge in [-0.25, -0.2) is 5.43 Å². The molecule has 108 valence electrons. The highest BCUT2D eigenvalue weighted by Gasteiger charge is 2.09. The lowest BCUT2D eigenvalue weighted by Gasteiger charge is -2.04. The molecule has 0 heterocycles. The van der Waals surface area contributed by atoms with E-state index in [-0.39, 0.29) is 11.6 Å². The van der Waals surface area contributed by atoms with Gasteiger partial charge in [0.25, 0.3) is 11.6 Å². The molecule has 0 fully saturated rings. The maximum atomic E-state index is 11.8. The number of nitrogens with one attached hydrogen (secondary N) is 1. The standard InChI is InChI=1S/C14H19N3O3/c1-3-5-6-12(4-2)15-16-14(18)11-7-9-13(10-8-11)17(19)20/h7-10H,3-6H2,1-2H3,(H,16,18)/b15-12+. The molecular formula is C14H19N3O3. The topological polar surface area (TPSA) is 84.6 Å². The number of nitro benzene ring substituents is 1. The Labute approximate surface area is 118 Å². The average Bonchev–Trinajstić information content (AvgIpc) is 2.47. The molecule has 0 aliphatic heterocycles. The Morgan fingerprint density at radius 3 is 2.45 bits per heavy atom. The fourth-order valence-corrected chi connectivity index (χ4v) is 1.62. The van der Waals surface area contributed by atoms with Gasteiger partial charge in [-0.3, -0.25) is 14.9 Å². The molecule has 1 amide bonds. The van der Waals surface area contributed by atoms with Crippen molar-refractivity contribution in [2.45, 2.75) is 39.5 Å². The van der Waals surface area contributed by atoms with Crippen LogP contribution in [-0.4, -0.2) is 16.5 Å². The molecule has 0 bridgehead atoms. The summed E-state index contributed by atoms with van der Waals surface area (Å²) in [5.74, 6) is -0.359. The lowest BCUT2D eigenvalue weighted by Crippen LogP contribution is -2.19. The molecule has 0 aliphatic rings. The number of benzene rings is 1. The SMILES string of the molecule is CCCC/C(CC)=N/NC(=O)c1ccc([N+](=O)[O-])cc1. The van der Waals surface area contributed by atoms with Gasteiger partial charge in [0, 0.05) is 23.4 Å². The van der Waals surface area contributed by atoms with Crippen LogP contribution in [0.3, 0.4) is 0 Å². The second kappa shape index (κ2) is 8.04. The van der Waals surface area contributed by atoms with Gasteiger partial charge in [-0.15, -0.1) is 0 Å². The second-order valence-corrected chi connectivity index (χ2v) is 4.38. The van der Waals surface area contributed by atoms with E-state index in [1.54, 1.807) is 0 Å². The highest BCUT2D eigenvalue weighted by atomic mass is 16.6. The highest BCUT2D eigenvalue weighted by Crippen LogP contribution is 2.11. The lowest BCUT2D eigenvalue weighted by atomic mass is 10.1. The molecule has 1 aromatic carbocycles. The van der Waals surface area contributed by atoms with Gasteiger partial charge in [-0.05, 0) is 31.4 Å². The smallest absolute Gasteiger partial charge is 0.267 e. The van der Waals surface area contributed by atoms with Crippen LogP contribution < -0.4 is 5.43 Å². The van der Waals surface area contributed by atoms with Gasteiger partial charge in [0.05, 0.1) is 4.92 Å².